The third-order valence-electron chi connectivity index (χ3n) is 6.01. The number of likely N-dealkylation sites (tertiary alicyclic amines) is 1. The molecule has 0 bridgehead atoms. The van der Waals surface area contributed by atoms with Gasteiger partial charge in [-0.3, -0.25) is 9.59 Å². The Labute approximate surface area is 187 Å². The number of ether oxygens (including phenoxy) is 1. The number of halogens is 1. The van der Waals surface area contributed by atoms with E-state index in [1.165, 1.54) is 0 Å². The van der Waals surface area contributed by atoms with Gasteiger partial charge in [-0.05, 0) is 36.5 Å². The summed E-state index contributed by atoms with van der Waals surface area (Å²) in [5, 5.41) is 3.69. The summed E-state index contributed by atoms with van der Waals surface area (Å²) < 4.78 is 8.04. The third kappa shape index (κ3) is 4.93. The highest BCUT2D eigenvalue weighted by Gasteiger charge is 2.32. The van der Waals surface area contributed by atoms with Crippen LogP contribution >= 0.6 is 11.6 Å². The lowest BCUT2D eigenvalue weighted by Gasteiger charge is -2.31. The number of carbonyl (C=O) groups excluding carboxylic acids is 2. The number of amides is 2. The first-order valence-electron chi connectivity index (χ1n) is 10.9. The van der Waals surface area contributed by atoms with E-state index < -0.39 is 0 Å². The van der Waals surface area contributed by atoms with E-state index in [0.29, 0.717) is 62.3 Å². The molecule has 1 aromatic carbocycles. The number of nitrogens with one attached hydrogen (secondary N) is 1. The molecular weight excluding hydrogens is 416 g/mol. The van der Waals surface area contributed by atoms with Gasteiger partial charge >= 0.3 is 0 Å². The zero-order chi connectivity index (χ0) is 22.0. The molecule has 1 unspecified atom stereocenters. The van der Waals surface area contributed by atoms with Crippen molar-refractivity contribution in [3.05, 3.63) is 52.6 Å². The molecule has 1 N–H and O–H groups in total. The van der Waals surface area contributed by atoms with Crippen LogP contribution in [0.3, 0.4) is 0 Å². The molecule has 1 aromatic heterocycles. The summed E-state index contributed by atoms with van der Waals surface area (Å²) in [5.41, 5.74) is 2.32. The van der Waals surface area contributed by atoms with E-state index in [1.54, 1.807) is 11.2 Å². The van der Waals surface area contributed by atoms with Crippen molar-refractivity contribution in [2.75, 3.05) is 19.6 Å². The average molecular weight is 445 g/mol. The molecule has 166 valence electrons. The van der Waals surface area contributed by atoms with Crippen LogP contribution < -0.4 is 5.32 Å². The summed E-state index contributed by atoms with van der Waals surface area (Å²) in [6.07, 6.45) is 2.99. The van der Waals surface area contributed by atoms with Gasteiger partial charge < -0.3 is 19.5 Å². The number of rotatable bonds is 5. The van der Waals surface area contributed by atoms with E-state index >= 15 is 0 Å². The minimum atomic E-state index is -0.0954. The number of carbonyl (C=O) groups is 2. The number of aromatic nitrogens is 2. The Kier molecular flexibility index (Phi) is 6.62. The summed E-state index contributed by atoms with van der Waals surface area (Å²) >= 11 is 5.98. The first-order valence-corrected chi connectivity index (χ1v) is 11.3. The van der Waals surface area contributed by atoms with Crippen LogP contribution in [0.4, 0.5) is 0 Å². The molecule has 0 saturated carbocycles. The Morgan fingerprint density at radius 1 is 1.23 bits per heavy atom. The standard InChI is InChI=1S/C23H29ClN4O3/c1-15(2)11-25-22(29)17-7-9-27(10-8-17)23(30)21-19-13-31-20(12-28(19)14-26-21)16-3-5-18(24)6-4-16/h3-6,14-15,17,20H,7-13H2,1-2H3,(H,25,29). The number of hydrogen-bond donors (Lipinski definition) is 1. The number of nitrogens with zero attached hydrogens (tertiary/aromatic N) is 3. The van der Waals surface area contributed by atoms with Crippen molar-refractivity contribution in [2.24, 2.45) is 11.8 Å². The van der Waals surface area contributed by atoms with Crippen LogP contribution in [-0.4, -0.2) is 45.9 Å². The highest BCUT2D eigenvalue weighted by molar-refractivity contribution is 6.30. The smallest absolute Gasteiger partial charge is 0.274 e. The molecule has 4 rings (SSSR count). The fourth-order valence-electron chi connectivity index (χ4n) is 4.13. The van der Waals surface area contributed by atoms with Gasteiger partial charge in [-0.25, -0.2) is 4.98 Å². The number of fused-ring (bicyclic) bond motifs is 1. The summed E-state index contributed by atoms with van der Waals surface area (Å²) in [4.78, 5) is 31.6. The Morgan fingerprint density at radius 2 is 1.94 bits per heavy atom. The van der Waals surface area contributed by atoms with Gasteiger partial charge in [0.25, 0.3) is 5.91 Å². The lowest BCUT2D eigenvalue weighted by atomic mass is 9.95. The van der Waals surface area contributed by atoms with Gasteiger partial charge in [0.1, 0.15) is 6.10 Å². The normalized spacial score (nSPS) is 19.4. The highest BCUT2D eigenvalue weighted by atomic mass is 35.5. The predicted octanol–water partition coefficient (Wildman–Crippen LogP) is 3.43. The SMILES string of the molecule is CC(C)CNC(=O)C1CCN(C(=O)c2ncn3c2COC(c2ccc(Cl)cc2)C3)CC1. The fourth-order valence-corrected chi connectivity index (χ4v) is 4.25. The minimum Gasteiger partial charge on any atom is -0.365 e. The summed E-state index contributed by atoms with van der Waals surface area (Å²) in [6, 6.07) is 7.63. The molecule has 1 saturated heterocycles. The van der Waals surface area contributed by atoms with Crippen molar-refractivity contribution in [3.8, 4) is 0 Å². The van der Waals surface area contributed by atoms with Crippen molar-refractivity contribution in [3.63, 3.8) is 0 Å². The molecule has 1 atom stereocenters. The van der Waals surface area contributed by atoms with Gasteiger partial charge in [-0.2, -0.15) is 0 Å². The van der Waals surface area contributed by atoms with Gasteiger partial charge in [0.05, 0.1) is 25.2 Å². The molecule has 2 aliphatic heterocycles. The molecule has 8 heteroatoms. The Bertz CT molecular complexity index is 933. The molecule has 3 heterocycles. The van der Waals surface area contributed by atoms with E-state index in [2.05, 4.69) is 24.1 Å². The third-order valence-corrected chi connectivity index (χ3v) is 6.26. The molecule has 0 radical (unpaired) electrons. The van der Waals surface area contributed by atoms with Crippen LogP contribution in [0.5, 0.6) is 0 Å². The average Bonchev–Trinajstić information content (AvgIpc) is 3.21. The van der Waals surface area contributed by atoms with Gasteiger partial charge in [0, 0.05) is 30.6 Å². The van der Waals surface area contributed by atoms with E-state index in [9.17, 15) is 9.59 Å². The maximum atomic E-state index is 13.1. The van der Waals surface area contributed by atoms with Crippen LogP contribution in [0.15, 0.2) is 30.6 Å². The molecule has 1 fully saturated rings. The van der Waals surface area contributed by atoms with Crippen molar-refractivity contribution >= 4 is 23.4 Å². The molecule has 2 aliphatic rings. The lowest BCUT2D eigenvalue weighted by Crippen LogP contribution is -2.44. The van der Waals surface area contributed by atoms with Gasteiger partial charge in [-0.15, -0.1) is 0 Å². The zero-order valence-corrected chi connectivity index (χ0v) is 18.8. The van der Waals surface area contributed by atoms with Crippen molar-refractivity contribution in [2.45, 2.75) is 45.9 Å². The number of benzene rings is 1. The van der Waals surface area contributed by atoms with Crippen LogP contribution in [0, 0.1) is 11.8 Å². The first-order chi connectivity index (χ1) is 14.9. The van der Waals surface area contributed by atoms with Crippen LogP contribution in [-0.2, 0) is 22.7 Å². The number of piperidine rings is 1. The zero-order valence-electron chi connectivity index (χ0n) is 18.0. The van der Waals surface area contributed by atoms with Gasteiger partial charge in [-0.1, -0.05) is 37.6 Å². The Morgan fingerprint density at radius 3 is 2.61 bits per heavy atom. The maximum Gasteiger partial charge on any atom is 0.274 e. The first kappa shape index (κ1) is 21.8. The van der Waals surface area contributed by atoms with E-state index in [1.807, 2.05) is 28.8 Å². The summed E-state index contributed by atoms with van der Waals surface area (Å²) in [5.74, 6) is 0.423. The number of imidazole rings is 1. The second-order valence-electron chi connectivity index (χ2n) is 8.75. The van der Waals surface area contributed by atoms with Crippen molar-refractivity contribution < 1.29 is 14.3 Å². The Hall–Kier alpha value is -2.38. The predicted molar refractivity (Wildman–Crippen MR) is 118 cm³/mol. The minimum absolute atomic E-state index is 0.0258. The second kappa shape index (κ2) is 9.40. The van der Waals surface area contributed by atoms with Gasteiger partial charge in [0.15, 0.2) is 5.69 Å². The molecule has 2 amide bonds. The molecule has 0 spiro atoms. The maximum absolute atomic E-state index is 13.1. The molecule has 0 aliphatic carbocycles. The molecular formula is C23H29ClN4O3. The molecule has 7 nitrogen and oxygen atoms in total. The lowest BCUT2D eigenvalue weighted by molar-refractivity contribution is -0.126. The summed E-state index contributed by atoms with van der Waals surface area (Å²) in [6.45, 7) is 6.93. The quantitative estimate of drug-likeness (QED) is 0.766. The second-order valence-corrected chi connectivity index (χ2v) is 9.19. The highest BCUT2D eigenvalue weighted by Crippen LogP contribution is 2.29. The van der Waals surface area contributed by atoms with E-state index in [4.69, 9.17) is 16.3 Å². The molecule has 2 aromatic rings. The monoisotopic (exact) mass is 444 g/mol. The van der Waals surface area contributed by atoms with Crippen LogP contribution in [0.25, 0.3) is 0 Å². The number of hydrogen-bond acceptors (Lipinski definition) is 4. The fraction of sp³-hybridized carbons (Fsp3) is 0.522. The Balaban J connectivity index is 1.36. The van der Waals surface area contributed by atoms with Crippen molar-refractivity contribution in [1.29, 1.82) is 0 Å². The topological polar surface area (TPSA) is 76.5 Å². The van der Waals surface area contributed by atoms with Crippen LogP contribution in [0.2, 0.25) is 5.02 Å². The van der Waals surface area contributed by atoms with Crippen LogP contribution in [0.1, 0.15) is 54.5 Å². The summed E-state index contributed by atoms with van der Waals surface area (Å²) in [7, 11) is 0. The van der Waals surface area contributed by atoms with E-state index in [-0.39, 0.29) is 23.8 Å². The van der Waals surface area contributed by atoms with Crippen molar-refractivity contribution in [1.82, 2.24) is 19.8 Å². The van der Waals surface area contributed by atoms with E-state index in [0.717, 1.165) is 11.3 Å². The molecule has 31 heavy (non-hydrogen) atoms. The van der Waals surface area contributed by atoms with Gasteiger partial charge in [0.2, 0.25) is 5.91 Å². The largest absolute Gasteiger partial charge is 0.365 e.